The van der Waals surface area contributed by atoms with Crippen molar-refractivity contribution in [2.75, 3.05) is 11.9 Å². The highest BCUT2D eigenvalue weighted by Gasteiger charge is 2.21. The maximum atomic E-state index is 11.2. The number of carbonyl (C=O) groups excluding carboxylic acids is 1. The fourth-order valence-corrected chi connectivity index (χ4v) is 2.45. The zero-order valence-corrected chi connectivity index (χ0v) is 12.7. The molecule has 1 unspecified atom stereocenters. The molecule has 2 aromatic rings. The zero-order chi connectivity index (χ0) is 15.0. The Balaban J connectivity index is 1.88. The van der Waals surface area contributed by atoms with Crippen LogP contribution in [0, 0.1) is 0 Å². The highest BCUT2D eigenvalue weighted by atomic mass is 16.1. The van der Waals surface area contributed by atoms with Crippen molar-refractivity contribution >= 4 is 17.2 Å². The lowest BCUT2D eigenvalue weighted by molar-refractivity contribution is -0.122. The standard InChI is InChI=1S/C15H21N5O/c1-15(2,3)12-8-11-14(16-6-7-20(11)19-12)18-10-4-5-13(21)17-9-10/h6-8,10H,4-5,9H2,1-3H3,(H,16,18)(H,17,21). The van der Waals surface area contributed by atoms with E-state index in [4.69, 9.17) is 0 Å². The van der Waals surface area contributed by atoms with Gasteiger partial charge >= 0.3 is 0 Å². The molecule has 21 heavy (non-hydrogen) atoms. The van der Waals surface area contributed by atoms with Crippen LogP contribution in [-0.4, -0.2) is 33.1 Å². The molecule has 2 N–H and O–H groups in total. The van der Waals surface area contributed by atoms with Gasteiger partial charge in [-0.25, -0.2) is 9.50 Å². The normalized spacial score (nSPS) is 19.6. The Morgan fingerprint density at radius 1 is 1.43 bits per heavy atom. The first-order chi connectivity index (χ1) is 9.93. The third-order valence-electron chi connectivity index (χ3n) is 3.76. The second kappa shape index (κ2) is 5.02. The van der Waals surface area contributed by atoms with Crippen molar-refractivity contribution in [3.05, 3.63) is 24.2 Å². The Morgan fingerprint density at radius 2 is 2.24 bits per heavy atom. The summed E-state index contributed by atoms with van der Waals surface area (Å²) in [4.78, 5) is 15.6. The molecule has 6 heteroatoms. The number of fused-ring (bicyclic) bond motifs is 1. The summed E-state index contributed by atoms with van der Waals surface area (Å²) in [5.74, 6) is 0.945. The molecule has 0 spiro atoms. The first-order valence-corrected chi connectivity index (χ1v) is 7.31. The Hall–Kier alpha value is -2.11. The zero-order valence-electron chi connectivity index (χ0n) is 12.7. The summed E-state index contributed by atoms with van der Waals surface area (Å²) in [5.41, 5.74) is 2.01. The lowest BCUT2D eigenvalue weighted by atomic mass is 9.92. The minimum Gasteiger partial charge on any atom is -0.364 e. The molecule has 1 saturated heterocycles. The Labute approximate surface area is 123 Å². The van der Waals surface area contributed by atoms with Crippen LogP contribution in [0.2, 0.25) is 0 Å². The molecule has 3 rings (SSSR count). The average molecular weight is 287 g/mol. The first kappa shape index (κ1) is 13.9. The molecule has 1 aliphatic rings. The summed E-state index contributed by atoms with van der Waals surface area (Å²) in [5, 5.41) is 10.9. The van der Waals surface area contributed by atoms with E-state index in [0.29, 0.717) is 13.0 Å². The number of amides is 1. The lowest BCUT2D eigenvalue weighted by Crippen LogP contribution is -2.42. The maximum absolute atomic E-state index is 11.2. The van der Waals surface area contributed by atoms with E-state index in [2.05, 4.69) is 47.6 Å². The summed E-state index contributed by atoms with van der Waals surface area (Å²) in [6.07, 6.45) is 5.00. The minimum absolute atomic E-state index is 0.00209. The van der Waals surface area contributed by atoms with Crippen molar-refractivity contribution < 1.29 is 4.79 Å². The van der Waals surface area contributed by atoms with Gasteiger partial charge in [-0.1, -0.05) is 20.8 Å². The van der Waals surface area contributed by atoms with Gasteiger partial charge in [0.2, 0.25) is 5.91 Å². The van der Waals surface area contributed by atoms with Gasteiger partial charge in [-0.2, -0.15) is 5.10 Å². The van der Waals surface area contributed by atoms with Crippen LogP contribution >= 0.6 is 0 Å². The fraction of sp³-hybridized carbons (Fsp3) is 0.533. The van der Waals surface area contributed by atoms with Gasteiger partial charge in [-0.15, -0.1) is 0 Å². The lowest BCUT2D eigenvalue weighted by Gasteiger charge is -2.24. The van der Waals surface area contributed by atoms with Gasteiger partial charge in [0.15, 0.2) is 5.82 Å². The number of aromatic nitrogens is 3. The molecule has 1 fully saturated rings. The van der Waals surface area contributed by atoms with Gasteiger partial charge in [0.1, 0.15) is 5.52 Å². The van der Waals surface area contributed by atoms with Gasteiger partial charge in [0.05, 0.1) is 5.69 Å². The molecule has 1 amide bonds. The molecule has 1 atom stereocenters. The molecule has 3 heterocycles. The first-order valence-electron chi connectivity index (χ1n) is 7.31. The third-order valence-corrected chi connectivity index (χ3v) is 3.76. The van der Waals surface area contributed by atoms with E-state index in [9.17, 15) is 4.79 Å². The van der Waals surface area contributed by atoms with Crippen molar-refractivity contribution in [3.63, 3.8) is 0 Å². The number of carbonyl (C=O) groups is 1. The number of anilines is 1. The van der Waals surface area contributed by atoms with Gasteiger partial charge in [0, 0.05) is 36.8 Å². The Morgan fingerprint density at radius 3 is 2.90 bits per heavy atom. The predicted molar refractivity (Wildman–Crippen MR) is 81.3 cm³/mol. The van der Waals surface area contributed by atoms with E-state index in [1.807, 2.05) is 10.7 Å². The summed E-state index contributed by atoms with van der Waals surface area (Å²) in [6.45, 7) is 7.08. The molecule has 6 nitrogen and oxygen atoms in total. The highest BCUT2D eigenvalue weighted by molar-refractivity contribution is 5.77. The number of nitrogens with one attached hydrogen (secondary N) is 2. The van der Waals surface area contributed by atoms with Crippen LogP contribution in [0.25, 0.3) is 5.52 Å². The van der Waals surface area contributed by atoms with Gasteiger partial charge in [-0.05, 0) is 12.5 Å². The van der Waals surface area contributed by atoms with Crippen molar-refractivity contribution in [1.82, 2.24) is 19.9 Å². The van der Waals surface area contributed by atoms with E-state index >= 15 is 0 Å². The SMILES string of the molecule is CC(C)(C)c1cc2c(NC3CCC(=O)NC3)nccn2n1. The quantitative estimate of drug-likeness (QED) is 0.882. The van der Waals surface area contributed by atoms with Crippen LogP contribution in [0.3, 0.4) is 0 Å². The molecule has 0 saturated carbocycles. The summed E-state index contributed by atoms with van der Waals surface area (Å²) in [6, 6.07) is 2.30. The molecular formula is C15H21N5O. The molecule has 1 aliphatic heterocycles. The van der Waals surface area contributed by atoms with Crippen LogP contribution in [0.1, 0.15) is 39.3 Å². The molecule has 112 valence electrons. The molecule has 0 radical (unpaired) electrons. The van der Waals surface area contributed by atoms with Crippen molar-refractivity contribution in [2.45, 2.75) is 45.1 Å². The smallest absolute Gasteiger partial charge is 0.220 e. The molecule has 0 bridgehead atoms. The van der Waals surface area contributed by atoms with E-state index in [0.717, 1.165) is 23.4 Å². The second-order valence-electron chi connectivity index (χ2n) is 6.57. The Kier molecular flexibility index (Phi) is 3.31. The highest BCUT2D eigenvalue weighted by Crippen LogP contribution is 2.25. The van der Waals surface area contributed by atoms with Gasteiger partial charge in [0.25, 0.3) is 0 Å². The number of piperidine rings is 1. The van der Waals surface area contributed by atoms with Crippen LogP contribution in [0.15, 0.2) is 18.5 Å². The van der Waals surface area contributed by atoms with E-state index in [-0.39, 0.29) is 17.4 Å². The van der Waals surface area contributed by atoms with Crippen molar-refractivity contribution in [3.8, 4) is 0 Å². The number of hydrogen-bond donors (Lipinski definition) is 2. The van der Waals surface area contributed by atoms with Crippen LogP contribution < -0.4 is 10.6 Å². The number of nitrogens with zero attached hydrogens (tertiary/aromatic N) is 3. The van der Waals surface area contributed by atoms with Crippen molar-refractivity contribution in [1.29, 1.82) is 0 Å². The minimum atomic E-state index is 0.00209. The van der Waals surface area contributed by atoms with Gasteiger partial charge in [-0.3, -0.25) is 4.79 Å². The van der Waals surface area contributed by atoms with Crippen LogP contribution in [-0.2, 0) is 10.2 Å². The van der Waals surface area contributed by atoms with Crippen LogP contribution in [0.4, 0.5) is 5.82 Å². The molecule has 0 aliphatic carbocycles. The van der Waals surface area contributed by atoms with E-state index < -0.39 is 0 Å². The molecular weight excluding hydrogens is 266 g/mol. The predicted octanol–water partition coefficient (Wildman–Crippen LogP) is 1.72. The monoisotopic (exact) mass is 287 g/mol. The Bertz CT molecular complexity index is 660. The summed E-state index contributed by atoms with van der Waals surface area (Å²) >= 11 is 0. The molecule has 0 aromatic carbocycles. The largest absolute Gasteiger partial charge is 0.364 e. The van der Waals surface area contributed by atoms with Crippen molar-refractivity contribution in [2.24, 2.45) is 0 Å². The second-order valence-corrected chi connectivity index (χ2v) is 6.57. The van der Waals surface area contributed by atoms with E-state index in [1.165, 1.54) is 0 Å². The maximum Gasteiger partial charge on any atom is 0.220 e. The number of rotatable bonds is 2. The van der Waals surface area contributed by atoms with Crippen LogP contribution in [0.5, 0.6) is 0 Å². The number of hydrogen-bond acceptors (Lipinski definition) is 4. The fourth-order valence-electron chi connectivity index (χ4n) is 2.45. The average Bonchev–Trinajstić information content (AvgIpc) is 2.86. The molecule has 2 aromatic heterocycles. The summed E-state index contributed by atoms with van der Waals surface area (Å²) < 4.78 is 1.86. The van der Waals surface area contributed by atoms with E-state index in [1.54, 1.807) is 6.20 Å². The van der Waals surface area contributed by atoms with Gasteiger partial charge < -0.3 is 10.6 Å². The summed E-state index contributed by atoms with van der Waals surface area (Å²) in [7, 11) is 0. The third kappa shape index (κ3) is 2.84. The topological polar surface area (TPSA) is 71.3 Å².